The molecule has 4 heteroatoms. The molecular formula is C21H28ClNO2. The lowest BCUT2D eigenvalue weighted by Crippen LogP contribution is -2.36. The third kappa shape index (κ3) is 6.03. The molecule has 136 valence electrons. The Balaban J connectivity index is 0.00000225. The molecule has 1 heterocycles. The first kappa shape index (κ1) is 19.8. The molecule has 0 aromatic heterocycles. The summed E-state index contributed by atoms with van der Waals surface area (Å²) in [5, 5.41) is 10.3. The summed E-state index contributed by atoms with van der Waals surface area (Å²) in [7, 11) is 0. The van der Waals surface area contributed by atoms with Crippen molar-refractivity contribution in [1.29, 1.82) is 0 Å². The second-order valence-electron chi connectivity index (χ2n) is 6.54. The molecule has 1 unspecified atom stereocenters. The van der Waals surface area contributed by atoms with E-state index in [4.69, 9.17) is 4.74 Å². The third-order valence-electron chi connectivity index (χ3n) is 4.57. The van der Waals surface area contributed by atoms with Crippen LogP contribution in [0, 0.1) is 0 Å². The molecule has 2 aromatic carbocycles. The van der Waals surface area contributed by atoms with E-state index < -0.39 is 6.10 Å². The highest BCUT2D eigenvalue weighted by Crippen LogP contribution is 2.29. The van der Waals surface area contributed by atoms with E-state index in [1.54, 1.807) is 0 Å². The Hall–Kier alpha value is -1.55. The number of nitrogens with zero attached hydrogens (tertiary/aromatic N) is 1. The van der Waals surface area contributed by atoms with Crippen LogP contribution in [0.3, 0.4) is 0 Å². The highest BCUT2D eigenvalue weighted by molar-refractivity contribution is 5.85. The van der Waals surface area contributed by atoms with Gasteiger partial charge in [0, 0.05) is 12.1 Å². The first-order valence-corrected chi connectivity index (χ1v) is 9.00. The van der Waals surface area contributed by atoms with E-state index in [9.17, 15) is 5.11 Å². The number of ether oxygens (including phenoxy) is 1. The standard InChI is InChI=1S/C21H27NO2.ClH/c23-19(16-22-14-8-1-2-9-15-22)17-24-21-13-7-6-12-20(21)18-10-4-3-5-11-18;/h3-7,10-13,19,23H,1-2,8-9,14-17H2;1H. The molecule has 0 aliphatic carbocycles. The Morgan fingerprint density at radius 3 is 2.24 bits per heavy atom. The molecule has 1 fully saturated rings. The van der Waals surface area contributed by atoms with Gasteiger partial charge in [-0.1, -0.05) is 61.4 Å². The van der Waals surface area contributed by atoms with E-state index >= 15 is 0 Å². The number of likely N-dealkylation sites (tertiary alicyclic amines) is 1. The van der Waals surface area contributed by atoms with Gasteiger partial charge < -0.3 is 14.7 Å². The maximum atomic E-state index is 10.3. The zero-order chi connectivity index (χ0) is 16.6. The number of benzene rings is 2. The van der Waals surface area contributed by atoms with Gasteiger partial charge in [0.25, 0.3) is 0 Å². The Labute approximate surface area is 157 Å². The van der Waals surface area contributed by atoms with Crippen LogP contribution >= 0.6 is 12.4 Å². The van der Waals surface area contributed by atoms with Crippen molar-refractivity contribution in [2.45, 2.75) is 31.8 Å². The number of aliphatic hydroxyl groups excluding tert-OH is 1. The summed E-state index contributed by atoms with van der Waals surface area (Å²) in [6, 6.07) is 18.3. The third-order valence-corrected chi connectivity index (χ3v) is 4.57. The smallest absolute Gasteiger partial charge is 0.127 e. The van der Waals surface area contributed by atoms with Crippen molar-refractivity contribution < 1.29 is 9.84 Å². The zero-order valence-corrected chi connectivity index (χ0v) is 15.5. The lowest BCUT2D eigenvalue weighted by molar-refractivity contribution is 0.0696. The molecule has 1 saturated heterocycles. The number of hydrogen-bond donors (Lipinski definition) is 1. The van der Waals surface area contributed by atoms with Crippen LogP contribution in [0.25, 0.3) is 11.1 Å². The van der Waals surface area contributed by atoms with Gasteiger partial charge >= 0.3 is 0 Å². The molecule has 1 aliphatic rings. The molecule has 1 N–H and O–H groups in total. The number of rotatable bonds is 6. The average molecular weight is 362 g/mol. The second kappa shape index (κ2) is 10.4. The first-order chi connectivity index (χ1) is 11.8. The maximum Gasteiger partial charge on any atom is 0.127 e. The minimum absolute atomic E-state index is 0. The topological polar surface area (TPSA) is 32.7 Å². The Kier molecular flexibility index (Phi) is 8.26. The van der Waals surface area contributed by atoms with E-state index in [1.807, 2.05) is 36.4 Å². The average Bonchev–Trinajstić information content (AvgIpc) is 2.90. The fourth-order valence-corrected chi connectivity index (χ4v) is 3.30. The Morgan fingerprint density at radius 1 is 0.880 bits per heavy atom. The highest BCUT2D eigenvalue weighted by Gasteiger charge is 2.15. The van der Waals surface area contributed by atoms with Crippen LogP contribution in [0.4, 0.5) is 0 Å². The van der Waals surface area contributed by atoms with E-state index in [0.29, 0.717) is 13.2 Å². The second-order valence-corrected chi connectivity index (χ2v) is 6.54. The van der Waals surface area contributed by atoms with E-state index in [-0.39, 0.29) is 12.4 Å². The van der Waals surface area contributed by atoms with Crippen LogP contribution in [0.15, 0.2) is 54.6 Å². The van der Waals surface area contributed by atoms with E-state index in [1.165, 1.54) is 25.7 Å². The number of hydrogen-bond acceptors (Lipinski definition) is 3. The summed E-state index contributed by atoms with van der Waals surface area (Å²) in [5.41, 5.74) is 2.20. The number of β-amino-alcohol motifs (C(OH)–C–C–N with tert-alkyl or cyclic N) is 1. The predicted octanol–water partition coefficient (Wildman–Crippen LogP) is 4.39. The lowest BCUT2D eigenvalue weighted by Gasteiger charge is -2.23. The molecule has 0 radical (unpaired) electrons. The van der Waals surface area contributed by atoms with Crippen molar-refractivity contribution in [3.63, 3.8) is 0 Å². The molecule has 3 nitrogen and oxygen atoms in total. The highest BCUT2D eigenvalue weighted by atomic mass is 35.5. The summed E-state index contributed by atoms with van der Waals surface area (Å²) >= 11 is 0. The normalized spacial score (nSPS) is 16.5. The van der Waals surface area contributed by atoms with Crippen molar-refractivity contribution in [2.75, 3.05) is 26.2 Å². The zero-order valence-electron chi connectivity index (χ0n) is 14.6. The lowest BCUT2D eigenvalue weighted by atomic mass is 10.1. The van der Waals surface area contributed by atoms with E-state index in [0.717, 1.165) is 30.0 Å². The predicted molar refractivity (Wildman–Crippen MR) is 106 cm³/mol. The molecule has 2 aromatic rings. The number of para-hydroxylation sites is 1. The Bertz CT molecular complexity index is 612. The van der Waals surface area contributed by atoms with Crippen LogP contribution < -0.4 is 4.74 Å². The number of halogens is 1. The van der Waals surface area contributed by atoms with E-state index in [2.05, 4.69) is 23.1 Å². The molecule has 25 heavy (non-hydrogen) atoms. The molecule has 0 saturated carbocycles. The summed E-state index contributed by atoms with van der Waals surface area (Å²) in [6.45, 7) is 3.23. The maximum absolute atomic E-state index is 10.3. The van der Waals surface area contributed by atoms with Gasteiger partial charge in [0.15, 0.2) is 0 Å². The van der Waals surface area contributed by atoms with Gasteiger partial charge in [0.05, 0.1) is 0 Å². The molecule has 0 amide bonds. The van der Waals surface area contributed by atoms with Crippen molar-refractivity contribution in [2.24, 2.45) is 0 Å². The molecule has 0 spiro atoms. The monoisotopic (exact) mass is 361 g/mol. The SMILES string of the molecule is Cl.OC(COc1ccccc1-c1ccccc1)CN1CCCCCC1. The van der Waals surface area contributed by atoms with Gasteiger partial charge in [-0.25, -0.2) is 0 Å². The van der Waals surface area contributed by atoms with Crippen molar-refractivity contribution in [3.8, 4) is 16.9 Å². The molecular weight excluding hydrogens is 334 g/mol. The van der Waals surface area contributed by atoms with Gasteiger partial charge in [-0.05, 0) is 37.6 Å². The van der Waals surface area contributed by atoms with Crippen LogP contribution in [0.1, 0.15) is 25.7 Å². The Morgan fingerprint density at radius 2 is 1.52 bits per heavy atom. The summed E-state index contributed by atoms with van der Waals surface area (Å²) in [5.74, 6) is 0.832. The summed E-state index contributed by atoms with van der Waals surface area (Å²) in [4.78, 5) is 2.37. The first-order valence-electron chi connectivity index (χ1n) is 9.00. The fraction of sp³-hybridized carbons (Fsp3) is 0.429. The fourth-order valence-electron chi connectivity index (χ4n) is 3.30. The van der Waals surface area contributed by atoms with Crippen LogP contribution in [0.5, 0.6) is 5.75 Å². The molecule has 1 aliphatic heterocycles. The molecule has 3 rings (SSSR count). The van der Waals surface area contributed by atoms with Gasteiger partial charge in [0.2, 0.25) is 0 Å². The van der Waals surface area contributed by atoms with Crippen molar-refractivity contribution in [3.05, 3.63) is 54.6 Å². The van der Waals surface area contributed by atoms with Crippen molar-refractivity contribution in [1.82, 2.24) is 4.90 Å². The van der Waals surface area contributed by atoms with Crippen LogP contribution in [-0.4, -0.2) is 42.4 Å². The number of aliphatic hydroxyl groups is 1. The van der Waals surface area contributed by atoms with Gasteiger partial charge in [-0.15, -0.1) is 12.4 Å². The summed E-state index contributed by atoms with van der Waals surface area (Å²) < 4.78 is 5.95. The summed E-state index contributed by atoms with van der Waals surface area (Å²) in [6.07, 6.45) is 4.66. The minimum Gasteiger partial charge on any atom is -0.490 e. The minimum atomic E-state index is -0.452. The van der Waals surface area contributed by atoms with Gasteiger partial charge in [-0.3, -0.25) is 0 Å². The molecule has 1 atom stereocenters. The van der Waals surface area contributed by atoms with Crippen molar-refractivity contribution >= 4 is 12.4 Å². The largest absolute Gasteiger partial charge is 0.490 e. The quantitative estimate of drug-likeness (QED) is 0.828. The molecule has 0 bridgehead atoms. The van der Waals surface area contributed by atoms with Crippen LogP contribution in [0.2, 0.25) is 0 Å². The van der Waals surface area contributed by atoms with Gasteiger partial charge in [-0.2, -0.15) is 0 Å². The van der Waals surface area contributed by atoms with Crippen LogP contribution in [-0.2, 0) is 0 Å². The van der Waals surface area contributed by atoms with Gasteiger partial charge in [0.1, 0.15) is 18.5 Å².